The van der Waals surface area contributed by atoms with Gasteiger partial charge in [-0.3, -0.25) is 11.3 Å². The van der Waals surface area contributed by atoms with Crippen LogP contribution in [0.1, 0.15) is 21.5 Å². The van der Waals surface area contributed by atoms with Gasteiger partial charge in [0.2, 0.25) is 0 Å². The molecule has 6 heteroatoms. The first-order valence-electron chi connectivity index (χ1n) is 5.42. The molecule has 3 N–H and O–H groups in total. The number of halogens is 2. The van der Waals surface area contributed by atoms with Crippen LogP contribution in [0.4, 0.5) is 4.39 Å². The van der Waals surface area contributed by atoms with Gasteiger partial charge in [-0.05, 0) is 37.1 Å². The van der Waals surface area contributed by atoms with Crippen molar-refractivity contribution in [2.75, 3.05) is 0 Å². The normalized spacial score (nSPS) is 12.7. The predicted octanol–water partition coefficient (Wildman–Crippen LogP) is 3.10. The van der Waals surface area contributed by atoms with Crippen LogP contribution in [0.25, 0.3) is 0 Å². The summed E-state index contributed by atoms with van der Waals surface area (Å²) in [6.07, 6.45) is 2.42. The van der Waals surface area contributed by atoms with Gasteiger partial charge in [0.25, 0.3) is 0 Å². The van der Waals surface area contributed by atoms with Gasteiger partial charge in [-0.1, -0.05) is 15.9 Å². The van der Waals surface area contributed by atoms with E-state index in [1.807, 2.05) is 13.0 Å². The molecule has 0 amide bonds. The number of hydrogen-bond donors (Lipinski definition) is 2. The van der Waals surface area contributed by atoms with Gasteiger partial charge in [-0.25, -0.2) is 9.37 Å². The number of aromatic nitrogens is 1. The first-order valence-corrected chi connectivity index (χ1v) is 7.03. The number of benzene rings is 1. The minimum Gasteiger partial charge on any atom is -0.271 e. The molecule has 1 aromatic heterocycles. The van der Waals surface area contributed by atoms with E-state index in [1.165, 1.54) is 12.1 Å². The lowest BCUT2D eigenvalue weighted by molar-refractivity contribution is 0.555. The largest absolute Gasteiger partial charge is 0.271 e. The number of hydrogen-bond acceptors (Lipinski definition) is 4. The van der Waals surface area contributed by atoms with Crippen molar-refractivity contribution >= 4 is 27.3 Å². The van der Waals surface area contributed by atoms with Crippen LogP contribution in [-0.2, 0) is 6.42 Å². The molecule has 1 aromatic carbocycles. The third-order valence-corrected chi connectivity index (χ3v) is 4.03. The number of aryl methyl sites for hydroxylation is 1. The molecule has 0 fully saturated rings. The van der Waals surface area contributed by atoms with Crippen molar-refractivity contribution in [3.05, 3.63) is 50.1 Å². The Balaban J connectivity index is 2.20. The van der Waals surface area contributed by atoms with E-state index in [0.717, 1.165) is 19.9 Å². The van der Waals surface area contributed by atoms with Crippen LogP contribution < -0.4 is 11.3 Å². The maximum atomic E-state index is 13.3. The standard InChI is InChI=1S/C12H13BrFN3S/c1-7-16-6-12(18-7)11(17-15)4-8-2-9(13)5-10(14)3-8/h2-3,5-6,11,17H,4,15H2,1H3. The maximum absolute atomic E-state index is 13.3. The second-order valence-corrected chi connectivity index (χ2v) is 6.16. The zero-order chi connectivity index (χ0) is 13.1. The van der Waals surface area contributed by atoms with Crippen LogP contribution >= 0.6 is 27.3 Å². The fourth-order valence-electron chi connectivity index (χ4n) is 1.75. The first kappa shape index (κ1) is 13.6. The van der Waals surface area contributed by atoms with Crippen LogP contribution in [0.2, 0.25) is 0 Å². The Hall–Kier alpha value is -0.820. The first-order chi connectivity index (χ1) is 8.58. The molecule has 1 heterocycles. The maximum Gasteiger partial charge on any atom is 0.124 e. The zero-order valence-electron chi connectivity index (χ0n) is 9.78. The molecule has 0 bridgehead atoms. The highest BCUT2D eigenvalue weighted by Gasteiger charge is 2.14. The van der Waals surface area contributed by atoms with E-state index in [9.17, 15) is 4.39 Å². The molecule has 0 radical (unpaired) electrons. The Kier molecular flexibility index (Phi) is 4.45. The average molecular weight is 330 g/mol. The van der Waals surface area contributed by atoms with E-state index >= 15 is 0 Å². The summed E-state index contributed by atoms with van der Waals surface area (Å²) >= 11 is 4.87. The molecule has 2 rings (SSSR count). The molecule has 0 aliphatic rings. The molecule has 0 spiro atoms. The van der Waals surface area contributed by atoms with Gasteiger partial charge in [0.05, 0.1) is 11.0 Å². The van der Waals surface area contributed by atoms with Gasteiger partial charge in [-0.15, -0.1) is 11.3 Å². The molecule has 18 heavy (non-hydrogen) atoms. The number of hydrazine groups is 1. The summed E-state index contributed by atoms with van der Waals surface area (Å²) in [6, 6.07) is 4.79. The van der Waals surface area contributed by atoms with Crippen molar-refractivity contribution in [2.45, 2.75) is 19.4 Å². The fourth-order valence-corrected chi connectivity index (χ4v) is 3.10. The van der Waals surface area contributed by atoms with E-state index in [-0.39, 0.29) is 11.9 Å². The quantitative estimate of drug-likeness (QED) is 0.669. The Morgan fingerprint density at radius 3 is 2.83 bits per heavy atom. The summed E-state index contributed by atoms with van der Waals surface area (Å²) in [7, 11) is 0. The molecule has 0 aliphatic carbocycles. The van der Waals surface area contributed by atoms with Crippen LogP contribution in [0.3, 0.4) is 0 Å². The van der Waals surface area contributed by atoms with Gasteiger partial charge in [0.1, 0.15) is 5.82 Å². The van der Waals surface area contributed by atoms with Gasteiger partial charge >= 0.3 is 0 Å². The molecule has 3 nitrogen and oxygen atoms in total. The van der Waals surface area contributed by atoms with Crippen molar-refractivity contribution in [3.63, 3.8) is 0 Å². The lowest BCUT2D eigenvalue weighted by atomic mass is 10.1. The lowest BCUT2D eigenvalue weighted by Crippen LogP contribution is -2.29. The summed E-state index contributed by atoms with van der Waals surface area (Å²) < 4.78 is 14.0. The minimum absolute atomic E-state index is 0.0510. The van der Waals surface area contributed by atoms with E-state index < -0.39 is 0 Å². The Labute approximate surface area is 117 Å². The summed E-state index contributed by atoms with van der Waals surface area (Å²) in [5, 5.41) is 0.991. The minimum atomic E-state index is -0.254. The predicted molar refractivity (Wildman–Crippen MR) is 74.7 cm³/mol. The van der Waals surface area contributed by atoms with Gasteiger partial charge in [-0.2, -0.15) is 0 Å². The van der Waals surface area contributed by atoms with Crippen LogP contribution in [-0.4, -0.2) is 4.98 Å². The van der Waals surface area contributed by atoms with E-state index in [0.29, 0.717) is 6.42 Å². The third-order valence-electron chi connectivity index (χ3n) is 2.55. The van der Waals surface area contributed by atoms with Gasteiger partial charge < -0.3 is 0 Å². The lowest BCUT2D eigenvalue weighted by Gasteiger charge is -2.14. The zero-order valence-corrected chi connectivity index (χ0v) is 12.2. The number of nitrogens with zero attached hydrogens (tertiary/aromatic N) is 1. The number of nitrogens with one attached hydrogen (secondary N) is 1. The molecular weight excluding hydrogens is 317 g/mol. The van der Waals surface area contributed by atoms with E-state index in [2.05, 4.69) is 26.3 Å². The molecule has 0 aliphatic heterocycles. The smallest absolute Gasteiger partial charge is 0.124 e. The number of nitrogens with two attached hydrogens (primary N) is 1. The van der Waals surface area contributed by atoms with E-state index in [1.54, 1.807) is 17.5 Å². The molecule has 96 valence electrons. The van der Waals surface area contributed by atoms with Gasteiger partial charge in [0.15, 0.2) is 0 Å². The highest BCUT2D eigenvalue weighted by Crippen LogP contribution is 2.25. The summed E-state index contributed by atoms with van der Waals surface area (Å²) in [5.74, 6) is 5.31. The second kappa shape index (κ2) is 5.88. The van der Waals surface area contributed by atoms with Crippen molar-refractivity contribution in [1.82, 2.24) is 10.4 Å². The monoisotopic (exact) mass is 329 g/mol. The molecule has 0 saturated heterocycles. The van der Waals surface area contributed by atoms with Crippen molar-refractivity contribution in [3.8, 4) is 0 Å². The second-order valence-electron chi connectivity index (χ2n) is 3.98. The van der Waals surface area contributed by atoms with Crippen molar-refractivity contribution in [2.24, 2.45) is 5.84 Å². The third kappa shape index (κ3) is 3.35. The Bertz CT molecular complexity index is 524. The summed E-state index contributed by atoms with van der Waals surface area (Å²) in [6.45, 7) is 1.94. The topological polar surface area (TPSA) is 50.9 Å². The Morgan fingerprint density at radius 1 is 1.50 bits per heavy atom. The molecule has 2 aromatic rings. The Morgan fingerprint density at radius 2 is 2.28 bits per heavy atom. The molecule has 1 atom stereocenters. The van der Waals surface area contributed by atoms with Crippen LogP contribution in [0, 0.1) is 12.7 Å². The van der Waals surface area contributed by atoms with Gasteiger partial charge in [0, 0.05) is 15.5 Å². The SMILES string of the molecule is Cc1ncc(C(Cc2cc(F)cc(Br)c2)NN)s1. The summed E-state index contributed by atoms with van der Waals surface area (Å²) in [5.41, 5.74) is 3.64. The van der Waals surface area contributed by atoms with Crippen LogP contribution in [0.15, 0.2) is 28.9 Å². The highest BCUT2D eigenvalue weighted by atomic mass is 79.9. The highest BCUT2D eigenvalue weighted by molar-refractivity contribution is 9.10. The average Bonchev–Trinajstić information content (AvgIpc) is 2.71. The number of thiazole rings is 1. The van der Waals surface area contributed by atoms with Crippen LogP contribution in [0.5, 0.6) is 0 Å². The van der Waals surface area contributed by atoms with Crippen molar-refractivity contribution in [1.29, 1.82) is 0 Å². The number of rotatable bonds is 4. The van der Waals surface area contributed by atoms with E-state index in [4.69, 9.17) is 5.84 Å². The fraction of sp³-hybridized carbons (Fsp3) is 0.250. The molecule has 1 unspecified atom stereocenters. The molecular formula is C12H13BrFN3S. The molecule has 0 saturated carbocycles. The summed E-state index contributed by atoms with van der Waals surface area (Å²) in [4.78, 5) is 5.25. The van der Waals surface area contributed by atoms with Crippen molar-refractivity contribution < 1.29 is 4.39 Å².